The minimum absolute atomic E-state index is 0.0459. The second-order valence-electron chi connectivity index (χ2n) is 5.22. The number of benzene rings is 1. The molecular weight excluding hydrogens is 258 g/mol. The first-order chi connectivity index (χ1) is 9.41. The molecule has 1 N–H and O–H groups in total. The fourth-order valence-electron chi connectivity index (χ4n) is 2.66. The summed E-state index contributed by atoms with van der Waals surface area (Å²) in [6, 6.07) is 6.18. The monoisotopic (exact) mass is 275 g/mol. The molecule has 5 nitrogen and oxygen atoms in total. The number of carbonyl (C=O) groups excluding carboxylic acids is 1. The third-order valence-corrected chi connectivity index (χ3v) is 3.55. The van der Waals surface area contributed by atoms with Crippen molar-refractivity contribution in [3.8, 4) is 0 Å². The zero-order valence-corrected chi connectivity index (χ0v) is 11.5. The number of para-hydroxylation sites is 1. The van der Waals surface area contributed by atoms with Gasteiger partial charge in [-0.1, -0.05) is 44.7 Å². The zero-order valence-electron chi connectivity index (χ0n) is 11.5. The summed E-state index contributed by atoms with van der Waals surface area (Å²) in [6.07, 6.45) is 0.774. The Morgan fingerprint density at radius 3 is 2.70 bits per heavy atom. The molecule has 1 aliphatic rings. The van der Waals surface area contributed by atoms with Crippen LogP contribution in [0.25, 0.3) is 0 Å². The summed E-state index contributed by atoms with van der Waals surface area (Å²) in [6.45, 7) is 7.14. The minimum atomic E-state index is -1.05. The first-order valence-corrected chi connectivity index (χ1v) is 6.30. The fourth-order valence-corrected chi connectivity index (χ4v) is 2.66. The highest BCUT2D eigenvalue weighted by Gasteiger charge is 2.51. The van der Waals surface area contributed by atoms with Crippen LogP contribution in [0.15, 0.2) is 36.9 Å². The Balaban J connectivity index is 2.50. The number of nitrogens with zero attached hydrogens (tertiary/aromatic N) is 1. The Morgan fingerprint density at radius 1 is 1.45 bits per heavy atom. The predicted octanol–water partition coefficient (Wildman–Crippen LogP) is 2.56. The summed E-state index contributed by atoms with van der Waals surface area (Å²) in [5, 5.41) is 9.50. The highest BCUT2D eigenvalue weighted by atomic mass is 16.6. The fraction of sp³-hybridized carbons (Fsp3) is 0.333. The van der Waals surface area contributed by atoms with Crippen molar-refractivity contribution in [1.29, 1.82) is 0 Å². The number of hydrogen-bond donors (Lipinski definition) is 1. The first kappa shape index (κ1) is 14.1. The highest BCUT2D eigenvalue weighted by molar-refractivity contribution is 6.00. The molecule has 20 heavy (non-hydrogen) atoms. The minimum Gasteiger partial charge on any atom is -0.480 e. The van der Waals surface area contributed by atoms with Crippen LogP contribution in [0.5, 0.6) is 0 Å². The van der Waals surface area contributed by atoms with E-state index in [1.807, 2.05) is 26.0 Å². The maximum Gasteiger partial charge on any atom is 0.415 e. The van der Waals surface area contributed by atoms with Gasteiger partial charge in [0.1, 0.15) is 12.6 Å². The van der Waals surface area contributed by atoms with Crippen LogP contribution in [-0.4, -0.2) is 29.8 Å². The molecule has 1 amide bonds. The number of anilines is 1. The number of ether oxygens (including phenoxy) is 1. The summed E-state index contributed by atoms with van der Waals surface area (Å²) in [4.78, 5) is 25.0. The number of fused-ring (bicyclic) bond motifs is 1. The summed E-state index contributed by atoms with van der Waals surface area (Å²) < 4.78 is 5.01. The highest BCUT2D eigenvalue weighted by Crippen LogP contribution is 2.45. The second kappa shape index (κ2) is 5.00. The molecule has 0 saturated carbocycles. The smallest absolute Gasteiger partial charge is 0.415 e. The number of carboxylic acids is 1. The average Bonchev–Trinajstić information content (AvgIpc) is 2.65. The largest absolute Gasteiger partial charge is 0.480 e. The van der Waals surface area contributed by atoms with Gasteiger partial charge in [0.15, 0.2) is 0 Å². The van der Waals surface area contributed by atoms with Gasteiger partial charge >= 0.3 is 12.1 Å². The molecule has 0 bridgehead atoms. The van der Waals surface area contributed by atoms with E-state index in [2.05, 4.69) is 6.58 Å². The van der Waals surface area contributed by atoms with Gasteiger partial charge in [0.25, 0.3) is 0 Å². The number of carboxylic acid groups (broad SMARTS) is 1. The molecule has 1 unspecified atom stereocenters. The third kappa shape index (κ3) is 2.05. The number of aliphatic carboxylic acids is 1. The average molecular weight is 275 g/mol. The van der Waals surface area contributed by atoms with Crippen molar-refractivity contribution in [3.63, 3.8) is 0 Å². The van der Waals surface area contributed by atoms with Crippen molar-refractivity contribution in [2.45, 2.75) is 25.3 Å². The molecule has 1 atom stereocenters. The summed E-state index contributed by atoms with van der Waals surface area (Å²) in [7, 11) is 0. The molecule has 1 heterocycles. The molecule has 0 aromatic heterocycles. The van der Waals surface area contributed by atoms with Crippen molar-refractivity contribution in [2.24, 2.45) is 0 Å². The lowest BCUT2D eigenvalue weighted by Gasteiger charge is -2.28. The maximum absolute atomic E-state index is 12.2. The lowest BCUT2D eigenvalue weighted by molar-refractivity contribution is -0.139. The summed E-state index contributed by atoms with van der Waals surface area (Å²) >= 11 is 0. The van der Waals surface area contributed by atoms with Crippen molar-refractivity contribution in [3.05, 3.63) is 42.5 Å². The normalized spacial score (nSPS) is 19.3. The molecule has 0 fully saturated rings. The van der Waals surface area contributed by atoms with E-state index in [1.165, 1.54) is 11.0 Å². The molecule has 0 saturated heterocycles. The first-order valence-electron chi connectivity index (χ1n) is 6.30. The number of amides is 1. The van der Waals surface area contributed by atoms with Crippen LogP contribution in [-0.2, 0) is 14.9 Å². The molecule has 0 spiro atoms. The molecule has 2 rings (SSSR count). The lowest BCUT2D eigenvalue weighted by atomic mass is 9.80. The van der Waals surface area contributed by atoms with Crippen LogP contribution in [0.1, 0.15) is 19.4 Å². The van der Waals surface area contributed by atoms with Crippen molar-refractivity contribution in [2.75, 3.05) is 11.5 Å². The van der Waals surface area contributed by atoms with E-state index < -0.39 is 23.5 Å². The molecule has 1 aromatic rings. The van der Waals surface area contributed by atoms with Crippen LogP contribution >= 0.6 is 0 Å². The molecular formula is C15H17NO4. The maximum atomic E-state index is 12.2. The Morgan fingerprint density at radius 2 is 2.10 bits per heavy atom. The summed E-state index contributed by atoms with van der Waals surface area (Å²) in [5.41, 5.74) is 0.720. The van der Waals surface area contributed by atoms with E-state index in [4.69, 9.17) is 4.74 Å². The lowest BCUT2D eigenvalue weighted by Crippen LogP contribution is -2.50. The topological polar surface area (TPSA) is 66.8 Å². The van der Waals surface area contributed by atoms with Gasteiger partial charge in [-0.25, -0.2) is 9.59 Å². The van der Waals surface area contributed by atoms with Gasteiger partial charge in [-0.3, -0.25) is 4.90 Å². The predicted molar refractivity (Wildman–Crippen MR) is 74.9 cm³/mol. The van der Waals surface area contributed by atoms with E-state index in [0.29, 0.717) is 5.69 Å². The van der Waals surface area contributed by atoms with E-state index in [0.717, 1.165) is 5.56 Å². The quantitative estimate of drug-likeness (QED) is 0.861. The van der Waals surface area contributed by atoms with Gasteiger partial charge < -0.3 is 9.84 Å². The zero-order chi connectivity index (χ0) is 14.9. The van der Waals surface area contributed by atoms with Gasteiger partial charge in [0.2, 0.25) is 0 Å². The standard InChI is InChI=1S/C15H17NO4/c1-4-9-20-14(19)16-11-8-6-5-7-10(11)15(2,3)12(16)13(17)18/h4-8,12H,1,9H2,2-3H3,(H,17,18). The van der Waals surface area contributed by atoms with Gasteiger partial charge in [0.05, 0.1) is 5.69 Å². The van der Waals surface area contributed by atoms with E-state index in [-0.39, 0.29) is 6.61 Å². The summed E-state index contributed by atoms with van der Waals surface area (Å²) in [5.74, 6) is -1.05. The molecule has 106 valence electrons. The Kier molecular flexibility index (Phi) is 3.53. The Labute approximate surface area is 117 Å². The molecule has 0 aliphatic carbocycles. The van der Waals surface area contributed by atoms with Gasteiger partial charge in [0, 0.05) is 5.41 Å². The molecule has 1 aliphatic heterocycles. The third-order valence-electron chi connectivity index (χ3n) is 3.55. The van der Waals surface area contributed by atoms with Crippen molar-refractivity contribution < 1.29 is 19.4 Å². The molecule has 5 heteroatoms. The Bertz CT molecular complexity index is 565. The van der Waals surface area contributed by atoms with Gasteiger partial charge in [-0.05, 0) is 11.6 Å². The van der Waals surface area contributed by atoms with Gasteiger partial charge in [-0.2, -0.15) is 0 Å². The van der Waals surface area contributed by atoms with Crippen LogP contribution in [0.4, 0.5) is 10.5 Å². The SMILES string of the molecule is C=CCOC(=O)N1c2ccccc2C(C)(C)C1C(=O)O. The number of carbonyl (C=O) groups is 2. The number of hydrogen-bond acceptors (Lipinski definition) is 3. The second-order valence-corrected chi connectivity index (χ2v) is 5.22. The van der Waals surface area contributed by atoms with E-state index >= 15 is 0 Å². The van der Waals surface area contributed by atoms with Crippen LogP contribution in [0.2, 0.25) is 0 Å². The van der Waals surface area contributed by atoms with E-state index in [9.17, 15) is 14.7 Å². The van der Waals surface area contributed by atoms with Crippen LogP contribution in [0.3, 0.4) is 0 Å². The molecule has 0 radical (unpaired) electrons. The molecule has 1 aromatic carbocycles. The number of rotatable bonds is 3. The van der Waals surface area contributed by atoms with Crippen molar-refractivity contribution >= 4 is 17.7 Å². The Hall–Kier alpha value is -2.30. The van der Waals surface area contributed by atoms with E-state index in [1.54, 1.807) is 12.1 Å². The van der Waals surface area contributed by atoms with Crippen LogP contribution < -0.4 is 4.90 Å². The van der Waals surface area contributed by atoms with Crippen molar-refractivity contribution in [1.82, 2.24) is 0 Å². The van der Waals surface area contributed by atoms with Gasteiger partial charge in [-0.15, -0.1) is 0 Å². The van der Waals surface area contributed by atoms with Crippen LogP contribution in [0, 0.1) is 0 Å².